The van der Waals surface area contributed by atoms with Gasteiger partial charge < -0.3 is 5.32 Å². The van der Waals surface area contributed by atoms with Gasteiger partial charge in [0.1, 0.15) is 5.82 Å². The first-order valence-corrected chi connectivity index (χ1v) is 7.42. The molecule has 1 aromatic rings. The van der Waals surface area contributed by atoms with Crippen LogP contribution in [-0.2, 0) is 6.42 Å². The van der Waals surface area contributed by atoms with Crippen molar-refractivity contribution in [3.63, 3.8) is 0 Å². The lowest BCUT2D eigenvalue weighted by atomic mass is 9.70. The van der Waals surface area contributed by atoms with Crippen molar-refractivity contribution in [2.75, 3.05) is 6.54 Å². The average molecular weight is 284 g/mol. The predicted molar refractivity (Wildman–Crippen MR) is 79.1 cm³/mol. The second-order valence-electron chi connectivity index (χ2n) is 6.67. The molecule has 3 heteroatoms. The zero-order chi connectivity index (χ0) is 14.0. The second kappa shape index (κ2) is 5.80. The fraction of sp³-hybridized carbons (Fsp3) is 0.625. The minimum atomic E-state index is -0.165. The molecule has 0 bridgehead atoms. The number of benzene rings is 1. The van der Waals surface area contributed by atoms with Crippen LogP contribution in [0, 0.1) is 17.7 Å². The summed E-state index contributed by atoms with van der Waals surface area (Å²) in [5.74, 6) is 1.11. The van der Waals surface area contributed by atoms with Gasteiger partial charge in [-0.25, -0.2) is 4.39 Å². The summed E-state index contributed by atoms with van der Waals surface area (Å²) < 4.78 is 13.8. The lowest BCUT2D eigenvalue weighted by molar-refractivity contribution is 0.158. The largest absolute Gasteiger partial charge is 0.312 e. The average Bonchev–Trinajstić information content (AvgIpc) is 2.24. The molecule has 1 aliphatic rings. The summed E-state index contributed by atoms with van der Waals surface area (Å²) in [7, 11) is 0. The highest BCUT2D eigenvalue weighted by atomic mass is 35.5. The molecule has 1 fully saturated rings. The molecule has 1 saturated carbocycles. The highest BCUT2D eigenvalue weighted by Gasteiger charge is 2.31. The third kappa shape index (κ3) is 4.19. The van der Waals surface area contributed by atoms with Crippen LogP contribution in [0.2, 0.25) is 5.02 Å². The van der Waals surface area contributed by atoms with E-state index in [1.165, 1.54) is 18.9 Å². The Kier molecular flexibility index (Phi) is 4.52. The van der Waals surface area contributed by atoms with E-state index in [0.717, 1.165) is 18.5 Å². The van der Waals surface area contributed by atoms with Gasteiger partial charge in [-0.2, -0.15) is 0 Å². The number of halogens is 2. The summed E-state index contributed by atoms with van der Waals surface area (Å²) in [6.45, 7) is 7.57. The molecular weight excluding hydrogens is 261 g/mol. The zero-order valence-corrected chi connectivity index (χ0v) is 12.7. The first-order chi connectivity index (χ1) is 8.85. The molecule has 0 aliphatic heterocycles. The number of hydrogen-bond acceptors (Lipinski definition) is 1. The molecule has 2 unspecified atom stereocenters. The molecule has 106 valence electrons. The Morgan fingerprint density at radius 3 is 2.47 bits per heavy atom. The molecule has 0 spiro atoms. The number of hydrogen-bond donors (Lipinski definition) is 1. The van der Waals surface area contributed by atoms with Gasteiger partial charge in [-0.05, 0) is 76.1 Å². The van der Waals surface area contributed by atoms with Crippen molar-refractivity contribution < 1.29 is 4.39 Å². The Hall–Kier alpha value is -0.600. The topological polar surface area (TPSA) is 12.0 Å². The van der Waals surface area contributed by atoms with Crippen molar-refractivity contribution in [3.8, 4) is 0 Å². The van der Waals surface area contributed by atoms with E-state index in [-0.39, 0.29) is 11.4 Å². The Morgan fingerprint density at radius 1 is 1.26 bits per heavy atom. The van der Waals surface area contributed by atoms with Gasteiger partial charge in [-0.1, -0.05) is 17.7 Å². The smallest absolute Gasteiger partial charge is 0.127 e. The van der Waals surface area contributed by atoms with Crippen LogP contribution in [0.4, 0.5) is 4.39 Å². The molecule has 2 rings (SSSR count). The molecular formula is C16H23ClFN. The van der Waals surface area contributed by atoms with Gasteiger partial charge in [0.15, 0.2) is 0 Å². The van der Waals surface area contributed by atoms with Gasteiger partial charge in [0, 0.05) is 10.6 Å². The van der Waals surface area contributed by atoms with E-state index in [0.29, 0.717) is 16.9 Å². The van der Waals surface area contributed by atoms with Crippen LogP contribution in [0.3, 0.4) is 0 Å². The molecule has 1 N–H and O–H groups in total. The second-order valence-corrected chi connectivity index (χ2v) is 7.10. The van der Waals surface area contributed by atoms with Crippen LogP contribution < -0.4 is 5.32 Å². The SMILES string of the molecule is CC(C)(C)NCC1CCC1Cc1ccc(Cl)cc1F. The Bertz CT molecular complexity index is 439. The molecule has 1 aromatic carbocycles. The summed E-state index contributed by atoms with van der Waals surface area (Å²) in [5.41, 5.74) is 0.959. The lowest BCUT2D eigenvalue weighted by Gasteiger charge is -2.39. The van der Waals surface area contributed by atoms with Gasteiger partial charge in [0.2, 0.25) is 0 Å². The van der Waals surface area contributed by atoms with Gasteiger partial charge in [0.25, 0.3) is 0 Å². The predicted octanol–water partition coefficient (Wildman–Crippen LogP) is 4.44. The van der Waals surface area contributed by atoms with Crippen LogP contribution in [0.15, 0.2) is 18.2 Å². The summed E-state index contributed by atoms with van der Waals surface area (Å²) >= 11 is 5.78. The summed E-state index contributed by atoms with van der Waals surface area (Å²) in [6.07, 6.45) is 3.29. The van der Waals surface area contributed by atoms with Gasteiger partial charge in [-0.3, -0.25) is 0 Å². The van der Waals surface area contributed by atoms with E-state index in [4.69, 9.17) is 11.6 Å². The minimum Gasteiger partial charge on any atom is -0.312 e. The van der Waals surface area contributed by atoms with Crippen molar-refractivity contribution in [2.24, 2.45) is 11.8 Å². The molecule has 0 heterocycles. The van der Waals surface area contributed by atoms with E-state index >= 15 is 0 Å². The van der Waals surface area contributed by atoms with Crippen molar-refractivity contribution >= 4 is 11.6 Å². The first kappa shape index (κ1) is 14.8. The Labute approximate surface area is 120 Å². The van der Waals surface area contributed by atoms with Crippen molar-refractivity contribution in [3.05, 3.63) is 34.6 Å². The number of nitrogens with one attached hydrogen (secondary N) is 1. The first-order valence-electron chi connectivity index (χ1n) is 7.04. The van der Waals surface area contributed by atoms with E-state index in [9.17, 15) is 4.39 Å². The third-order valence-electron chi connectivity index (χ3n) is 3.97. The minimum absolute atomic E-state index is 0.158. The molecule has 0 aromatic heterocycles. The monoisotopic (exact) mass is 283 g/mol. The standard InChI is InChI=1S/C16H23ClFN/c1-16(2,3)19-10-13-5-4-11(13)8-12-6-7-14(17)9-15(12)18/h6-7,9,11,13,19H,4-5,8,10H2,1-3H3. The Balaban J connectivity index is 1.89. The van der Waals surface area contributed by atoms with Crippen molar-refractivity contribution in [1.29, 1.82) is 0 Å². The maximum absolute atomic E-state index is 13.8. The van der Waals surface area contributed by atoms with Crippen LogP contribution in [0.25, 0.3) is 0 Å². The van der Waals surface area contributed by atoms with Crippen LogP contribution >= 0.6 is 11.6 Å². The lowest BCUT2D eigenvalue weighted by Crippen LogP contribution is -2.44. The van der Waals surface area contributed by atoms with Gasteiger partial charge >= 0.3 is 0 Å². The van der Waals surface area contributed by atoms with E-state index < -0.39 is 0 Å². The van der Waals surface area contributed by atoms with Crippen LogP contribution in [0.5, 0.6) is 0 Å². The van der Waals surface area contributed by atoms with Crippen molar-refractivity contribution in [1.82, 2.24) is 5.32 Å². The van der Waals surface area contributed by atoms with Crippen LogP contribution in [-0.4, -0.2) is 12.1 Å². The normalized spacial score (nSPS) is 23.2. The van der Waals surface area contributed by atoms with Crippen LogP contribution in [0.1, 0.15) is 39.2 Å². The van der Waals surface area contributed by atoms with Gasteiger partial charge in [-0.15, -0.1) is 0 Å². The molecule has 2 atom stereocenters. The molecule has 19 heavy (non-hydrogen) atoms. The number of rotatable bonds is 4. The highest BCUT2D eigenvalue weighted by Crippen LogP contribution is 2.37. The zero-order valence-electron chi connectivity index (χ0n) is 12.0. The Morgan fingerprint density at radius 2 is 1.95 bits per heavy atom. The molecule has 0 saturated heterocycles. The molecule has 1 nitrogen and oxygen atoms in total. The van der Waals surface area contributed by atoms with E-state index in [1.807, 2.05) is 6.07 Å². The highest BCUT2D eigenvalue weighted by molar-refractivity contribution is 6.30. The maximum Gasteiger partial charge on any atom is 0.127 e. The van der Waals surface area contributed by atoms with E-state index in [1.54, 1.807) is 6.07 Å². The summed E-state index contributed by atoms with van der Waals surface area (Å²) in [5, 5.41) is 4.02. The van der Waals surface area contributed by atoms with Crippen molar-refractivity contribution in [2.45, 2.75) is 45.6 Å². The van der Waals surface area contributed by atoms with E-state index in [2.05, 4.69) is 26.1 Å². The quantitative estimate of drug-likeness (QED) is 0.862. The van der Waals surface area contributed by atoms with Gasteiger partial charge in [0.05, 0.1) is 0 Å². The molecule has 1 aliphatic carbocycles. The fourth-order valence-electron chi connectivity index (χ4n) is 2.58. The fourth-order valence-corrected chi connectivity index (χ4v) is 2.74. The molecule has 0 radical (unpaired) electrons. The maximum atomic E-state index is 13.8. The molecule has 0 amide bonds. The summed E-state index contributed by atoms with van der Waals surface area (Å²) in [4.78, 5) is 0. The summed E-state index contributed by atoms with van der Waals surface area (Å²) in [6, 6.07) is 5.02. The third-order valence-corrected chi connectivity index (χ3v) is 4.20.